The fraction of sp³-hybridized carbons (Fsp3) is 0.273. The molecule has 98 valence electrons. The lowest BCUT2D eigenvalue weighted by Crippen LogP contribution is -2.32. The van der Waals surface area contributed by atoms with Gasteiger partial charge in [-0.3, -0.25) is 14.4 Å². The average Bonchev–Trinajstić information content (AvgIpc) is 2.34. The molecule has 0 heterocycles. The lowest BCUT2D eigenvalue weighted by molar-refractivity contribution is -0.227. The number of benzene rings is 1. The maximum atomic E-state index is 11.9. The van der Waals surface area contributed by atoms with Gasteiger partial charge in [0.1, 0.15) is 0 Å². The third-order valence-electron chi connectivity index (χ3n) is 2.03. The first-order valence-corrected chi connectivity index (χ1v) is 4.87. The summed E-state index contributed by atoms with van der Waals surface area (Å²) in [6, 6.07) is 5.76. The van der Waals surface area contributed by atoms with Crippen LogP contribution in [-0.2, 0) is 4.84 Å². The van der Waals surface area contributed by atoms with E-state index in [9.17, 15) is 22.8 Å². The van der Waals surface area contributed by atoms with Crippen LogP contribution in [0.3, 0.4) is 0 Å². The van der Waals surface area contributed by atoms with E-state index in [2.05, 4.69) is 4.84 Å². The van der Waals surface area contributed by atoms with Gasteiger partial charge in [-0.1, -0.05) is 18.2 Å². The Morgan fingerprint density at radius 2 is 2.00 bits per heavy atom. The summed E-state index contributed by atoms with van der Waals surface area (Å²) in [6.07, 6.45) is -4.08. The molecular weight excluding hydrogens is 251 g/mol. The summed E-state index contributed by atoms with van der Waals surface area (Å²) < 4.78 is 35.7. The van der Waals surface area contributed by atoms with Crippen molar-refractivity contribution < 1.29 is 27.6 Å². The van der Waals surface area contributed by atoms with Gasteiger partial charge < -0.3 is 0 Å². The van der Waals surface area contributed by atoms with Crippen molar-refractivity contribution in [2.45, 2.75) is 6.18 Å². The molecule has 0 aliphatic rings. The van der Waals surface area contributed by atoms with Crippen molar-refractivity contribution in [3.05, 3.63) is 35.4 Å². The summed E-state index contributed by atoms with van der Waals surface area (Å²) in [5, 5.41) is 0.454. The highest BCUT2D eigenvalue weighted by Crippen LogP contribution is 2.16. The van der Waals surface area contributed by atoms with Gasteiger partial charge in [0.25, 0.3) is 5.91 Å². The minimum atomic E-state index is -4.53. The van der Waals surface area contributed by atoms with E-state index in [0.717, 1.165) is 7.05 Å². The van der Waals surface area contributed by atoms with E-state index in [0.29, 0.717) is 11.3 Å². The van der Waals surface area contributed by atoms with Crippen LogP contribution in [0.15, 0.2) is 24.3 Å². The van der Waals surface area contributed by atoms with E-state index < -0.39 is 18.7 Å². The van der Waals surface area contributed by atoms with Gasteiger partial charge in [0.05, 0.1) is 5.56 Å². The molecule has 4 nitrogen and oxygen atoms in total. The van der Waals surface area contributed by atoms with Crippen molar-refractivity contribution >= 4 is 12.2 Å². The van der Waals surface area contributed by atoms with Crippen LogP contribution in [0.2, 0.25) is 0 Å². The summed E-state index contributed by atoms with van der Waals surface area (Å²) in [6.45, 7) is -1.57. The van der Waals surface area contributed by atoms with Crippen LogP contribution in [0, 0.1) is 0 Å². The molecule has 0 N–H and O–H groups in total. The molecule has 0 aromatic heterocycles. The van der Waals surface area contributed by atoms with Gasteiger partial charge in [-0.25, -0.2) is 5.06 Å². The van der Waals surface area contributed by atoms with Gasteiger partial charge in [0, 0.05) is 12.6 Å². The fourth-order valence-electron chi connectivity index (χ4n) is 1.19. The van der Waals surface area contributed by atoms with E-state index >= 15 is 0 Å². The molecule has 0 aliphatic heterocycles. The first kappa shape index (κ1) is 14.2. The van der Waals surface area contributed by atoms with E-state index in [4.69, 9.17) is 0 Å². The predicted octanol–water partition coefficient (Wildman–Crippen LogP) is 2.06. The highest BCUT2D eigenvalue weighted by atomic mass is 19.4. The summed E-state index contributed by atoms with van der Waals surface area (Å²) in [5.41, 5.74) is 0.0714. The SMILES string of the molecule is CN(OCC(F)(F)F)C(=O)c1ccccc1C=O. The molecule has 0 atom stereocenters. The second-order valence-corrected chi connectivity index (χ2v) is 3.40. The summed E-state index contributed by atoms with van der Waals surface area (Å²) in [4.78, 5) is 26.7. The Morgan fingerprint density at radius 1 is 1.39 bits per heavy atom. The van der Waals surface area contributed by atoms with Crippen molar-refractivity contribution in [2.75, 3.05) is 13.7 Å². The van der Waals surface area contributed by atoms with Crippen molar-refractivity contribution in [1.82, 2.24) is 5.06 Å². The molecule has 0 saturated heterocycles. The highest BCUT2D eigenvalue weighted by Gasteiger charge is 2.30. The number of carbonyl (C=O) groups excluding carboxylic acids is 2. The second-order valence-electron chi connectivity index (χ2n) is 3.40. The van der Waals surface area contributed by atoms with Gasteiger partial charge in [0.2, 0.25) is 0 Å². The number of rotatable bonds is 4. The molecule has 1 aromatic carbocycles. The van der Waals surface area contributed by atoms with Crippen molar-refractivity contribution in [3.63, 3.8) is 0 Å². The molecule has 0 radical (unpaired) electrons. The first-order chi connectivity index (χ1) is 8.35. The number of hydrogen-bond donors (Lipinski definition) is 0. The van der Waals surface area contributed by atoms with E-state index in [1.165, 1.54) is 24.3 Å². The lowest BCUT2D eigenvalue weighted by Gasteiger charge is -2.18. The Labute approximate surface area is 101 Å². The molecule has 0 unspecified atom stereocenters. The Bertz CT molecular complexity index is 445. The molecule has 18 heavy (non-hydrogen) atoms. The van der Waals surface area contributed by atoms with Crippen LogP contribution < -0.4 is 0 Å². The molecule has 1 aromatic rings. The fourth-order valence-corrected chi connectivity index (χ4v) is 1.19. The third kappa shape index (κ3) is 3.85. The van der Waals surface area contributed by atoms with Crippen LogP contribution in [0.1, 0.15) is 20.7 Å². The summed E-state index contributed by atoms with van der Waals surface area (Å²) >= 11 is 0. The number of carbonyl (C=O) groups is 2. The predicted molar refractivity (Wildman–Crippen MR) is 55.9 cm³/mol. The molecule has 1 amide bonds. The Kier molecular flexibility index (Phi) is 4.43. The van der Waals surface area contributed by atoms with Crippen LogP contribution >= 0.6 is 0 Å². The largest absolute Gasteiger partial charge is 0.414 e. The molecule has 0 bridgehead atoms. The molecule has 0 spiro atoms. The summed E-state index contributed by atoms with van der Waals surface area (Å²) in [5.74, 6) is -0.818. The smallest absolute Gasteiger partial charge is 0.298 e. The van der Waals surface area contributed by atoms with Gasteiger partial charge in [-0.05, 0) is 6.07 Å². The number of alkyl halides is 3. The number of hydrogen-bond acceptors (Lipinski definition) is 3. The molecule has 0 aliphatic carbocycles. The van der Waals surface area contributed by atoms with Crippen LogP contribution in [0.25, 0.3) is 0 Å². The highest BCUT2D eigenvalue weighted by molar-refractivity contribution is 6.00. The molecule has 0 fully saturated rings. The monoisotopic (exact) mass is 261 g/mol. The number of nitrogens with zero attached hydrogens (tertiary/aromatic N) is 1. The maximum absolute atomic E-state index is 11.9. The quantitative estimate of drug-likeness (QED) is 0.615. The molecule has 7 heteroatoms. The number of amides is 1. The topological polar surface area (TPSA) is 46.6 Å². The Morgan fingerprint density at radius 3 is 2.56 bits per heavy atom. The van der Waals surface area contributed by atoms with E-state index in [1.807, 2.05) is 0 Å². The zero-order valence-corrected chi connectivity index (χ0v) is 9.40. The number of hydroxylamine groups is 2. The van der Waals surface area contributed by atoms with E-state index in [1.54, 1.807) is 0 Å². The first-order valence-electron chi connectivity index (χ1n) is 4.87. The van der Waals surface area contributed by atoms with Gasteiger partial charge in [-0.2, -0.15) is 13.2 Å². The standard InChI is InChI=1S/C11H10F3NO3/c1-15(18-7-11(12,13)14)10(17)9-5-3-2-4-8(9)6-16/h2-6H,7H2,1H3. The molecule has 0 saturated carbocycles. The lowest BCUT2D eigenvalue weighted by atomic mass is 10.1. The van der Waals surface area contributed by atoms with Gasteiger partial charge >= 0.3 is 6.18 Å². The van der Waals surface area contributed by atoms with Crippen LogP contribution in [0.5, 0.6) is 0 Å². The minimum Gasteiger partial charge on any atom is -0.298 e. The van der Waals surface area contributed by atoms with E-state index in [-0.39, 0.29) is 11.1 Å². The van der Waals surface area contributed by atoms with Gasteiger partial charge in [0.15, 0.2) is 12.9 Å². The number of halogens is 3. The Hall–Kier alpha value is -1.89. The molecular formula is C11H10F3NO3. The minimum absolute atomic E-state index is 0.0165. The van der Waals surface area contributed by atoms with Gasteiger partial charge in [-0.15, -0.1) is 0 Å². The molecule has 1 rings (SSSR count). The number of aldehydes is 1. The van der Waals surface area contributed by atoms with Crippen molar-refractivity contribution in [1.29, 1.82) is 0 Å². The van der Waals surface area contributed by atoms with Crippen molar-refractivity contribution in [2.24, 2.45) is 0 Å². The maximum Gasteiger partial charge on any atom is 0.414 e. The average molecular weight is 261 g/mol. The van der Waals surface area contributed by atoms with Crippen LogP contribution in [-0.4, -0.2) is 37.1 Å². The van der Waals surface area contributed by atoms with Crippen LogP contribution in [0.4, 0.5) is 13.2 Å². The zero-order chi connectivity index (χ0) is 13.8. The second kappa shape index (κ2) is 5.63. The summed E-state index contributed by atoms with van der Waals surface area (Å²) in [7, 11) is 1.05. The van der Waals surface area contributed by atoms with Crippen molar-refractivity contribution in [3.8, 4) is 0 Å². The third-order valence-corrected chi connectivity index (χ3v) is 2.03. The zero-order valence-electron chi connectivity index (χ0n) is 9.40. The normalized spacial score (nSPS) is 11.1. The Balaban J connectivity index is 2.77.